The smallest absolute Gasteiger partial charge is 0.409 e. The summed E-state index contributed by atoms with van der Waals surface area (Å²) in [5, 5.41) is 14.8. The van der Waals surface area contributed by atoms with Crippen molar-refractivity contribution < 1.29 is 52.8 Å². The maximum absolute atomic E-state index is 14.6. The Bertz CT molecular complexity index is 1810. The number of benzene rings is 1. The first-order valence-electron chi connectivity index (χ1n) is 20.4. The largest absolute Gasteiger partial charge is 0.495 e. The summed E-state index contributed by atoms with van der Waals surface area (Å²) in [6.07, 6.45) is 3.10. The number of esters is 1. The van der Waals surface area contributed by atoms with Crippen LogP contribution in [-0.4, -0.2) is 121 Å². The number of ether oxygens (including phenoxy) is 5. The van der Waals surface area contributed by atoms with Crippen LogP contribution in [0.25, 0.3) is 0 Å². The summed E-state index contributed by atoms with van der Waals surface area (Å²) in [7, 11) is 9.22. The second-order valence-corrected chi connectivity index (χ2v) is 19.6. The molecule has 0 aromatic heterocycles. The van der Waals surface area contributed by atoms with Crippen molar-refractivity contribution in [2.24, 2.45) is 11.8 Å². The van der Waals surface area contributed by atoms with E-state index in [1.165, 1.54) is 31.1 Å². The van der Waals surface area contributed by atoms with E-state index in [-0.39, 0.29) is 34.8 Å². The van der Waals surface area contributed by atoms with Crippen molar-refractivity contribution in [2.45, 2.75) is 134 Å². The number of alkyl carbamates (subject to hydrolysis) is 1. The highest BCUT2D eigenvalue weighted by Gasteiger charge is 2.66. The van der Waals surface area contributed by atoms with E-state index in [1.807, 2.05) is 19.9 Å². The number of ketones is 1. The van der Waals surface area contributed by atoms with Gasteiger partial charge in [0.25, 0.3) is 0 Å². The van der Waals surface area contributed by atoms with Crippen molar-refractivity contribution >= 4 is 68.5 Å². The maximum Gasteiger partial charge on any atom is 0.409 e. The van der Waals surface area contributed by atoms with E-state index in [1.54, 1.807) is 80.6 Å². The Labute approximate surface area is 367 Å². The summed E-state index contributed by atoms with van der Waals surface area (Å²) in [6.45, 7) is 12.6. The zero-order valence-corrected chi connectivity index (χ0v) is 39.0. The highest BCUT2D eigenvalue weighted by Crippen LogP contribution is 2.50. The number of carbonyl (C=O) groups is 5. The van der Waals surface area contributed by atoms with Crippen LogP contribution in [0.5, 0.6) is 5.75 Å². The summed E-state index contributed by atoms with van der Waals surface area (Å²) < 4.78 is 29.6. The number of halogens is 1. The molecule has 2 saturated heterocycles. The van der Waals surface area contributed by atoms with Gasteiger partial charge >= 0.3 is 12.1 Å². The lowest BCUT2D eigenvalue weighted by Gasteiger charge is -2.42. The molecule has 1 aromatic rings. The Kier molecular flexibility index (Phi) is 17.4. The summed E-state index contributed by atoms with van der Waals surface area (Å²) in [6, 6.07) is 2.58. The summed E-state index contributed by atoms with van der Waals surface area (Å²) >= 11 is 6.83. The van der Waals surface area contributed by atoms with Crippen molar-refractivity contribution in [3.63, 3.8) is 0 Å². The molecule has 2 N–H and O–H groups in total. The molecular formula is C43H62ClN3O11S2. The fraction of sp³-hybridized carbons (Fsp3) is 0.651. The van der Waals surface area contributed by atoms with E-state index >= 15 is 0 Å². The average molecular weight is 897 g/mol. The number of anilines is 1. The highest BCUT2D eigenvalue weighted by atomic mass is 35.5. The molecule has 4 bridgehead atoms. The van der Waals surface area contributed by atoms with Gasteiger partial charge in [-0.15, -0.1) is 0 Å². The third-order valence-electron chi connectivity index (χ3n) is 11.7. The lowest BCUT2D eigenvalue weighted by Crippen LogP contribution is -2.63. The van der Waals surface area contributed by atoms with Crippen LogP contribution in [0.15, 0.2) is 35.9 Å². The third kappa shape index (κ3) is 11.8. The average Bonchev–Trinajstić information content (AvgIpc) is 3.91. The summed E-state index contributed by atoms with van der Waals surface area (Å²) in [5.41, 5.74) is -1.00. The fourth-order valence-corrected chi connectivity index (χ4v) is 10.3. The third-order valence-corrected chi connectivity index (χ3v) is 15.1. The number of nitrogens with one attached hydrogen (secondary N) is 1. The van der Waals surface area contributed by atoms with Gasteiger partial charge in [0.15, 0.2) is 5.72 Å². The Balaban J connectivity index is 1.64. The predicted molar refractivity (Wildman–Crippen MR) is 234 cm³/mol. The van der Waals surface area contributed by atoms with E-state index in [0.29, 0.717) is 36.5 Å². The molecule has 4 rings (SSSR count). The SMILES string of the molecule is CCC(=O)CC[C@@H](C)SSCCC(=O)N(C)[C@@H](C)C(=O)O[C@H]1C(C)C(=O)N(C)c2cc(cc(OC)c2Cl)C/C(C)=C/C=C/[C@@H](OC)[C@@]2(O)C[C@H](OC(=O)N2)[C@@H](C)[C@@H]2O[C@]12C. The molecule has 0 saturated carbocycles. The quantitative estimate of drug-likeness (QED) is 0.0878. The molecule has 60 heavy (non-hydrogen) atoms. The van der Waals surface area contributed by atoms with Gasteiger partial charge in [-0.1, -0.05) is 77.8 Å². The second-order valence-electron chi connectivity index (χ2n) is 16.3. The summed E-state index contributed by atoms with van der Waals surface area (Å²) in [5.74, 6) is -1.90. The number of allylic oxidation sites excluding steroid dienone is 3. The minimum absolute atomic E-state index is 0.0641. The van der Waals surface area contributed by atoms with Gasteiger partial charge in [-0.05, 0) is 58.2 Å². The number of methoxy groups -OCH3 is 2. The van der Waals surface area contributed by atoms with E-state index < -0.39 is 71.6 Å². The molecule has 2 fully saturated rings. The van der Waals surface area contributed by atoms with E-state index in [0.717, 1.165) is 17.6 Å². The van der Waals surface area contributed by atoms with Gasteiger partial charge < -0.3 is 38.6 Å². The lowest BCUT2D eigenvalue weighted by atomic mass is 9.81. The van der Waals surface area contributed by atoms with Gasteiger partial charge in [-0.3, -0.25) is 19.7 Å². The fourth-order valence-electron chi connectivity index (χ4n) is 7.71. The molecule has 3 aliphatic heterocycles. The van der Waals surface area contributed by atoms with Gasteiger partial charge in [-0.25, -0.2) is 9.59 Å². The van der Waals surface area contributed by atoms with Gasteiger partial charge in [-0.2, -0.15) is 0 Å². The zero-order chi connectivity index (χ0) is 44.7. The highest BCUT2D eigenvalue weighted by molar-refractivity contribution is 8.76. The van der Waals surface area contributed by atoms with Crippen molar-refractivity contribution in [3.8, 4) is 5.75 Å². The Morgan fingerprint density at radius 1 is 1.17 bits per heavy atom. The number of carbonyl (C=O) groups excluding carboxylic acids is 5. The predicted octanol–water partition coefficient (Wildman–Crippen LogP) is 6.68. The number of fused-ring (bicyclic) bond motifs is 5. The molecule has 3 heterocycles. The van der Waals surface area contributed by atoms with Crippen molar-refractivity contribution in [3.05, 3.63) is 46.5 Å². The lowest BCUT2D eigenvalue weighted by molar-refractivity contribution is -0.165. The topological polar surface area (TPSA) is 174 Å². The number of aliphatic hydroxyl groups is 1. The maximum atomic E-state index is 14.6. The van der Waals surface area contributed by atoms with Gasteiger partial charge in [0, 0.05) is 63.8 Å². The molecule has 14 nitrogen and oxygen atoms in total. The Morgan fingerprint density at radius 3 is 2.52 bits per heavy atom. The molecule has 0 radical (unpaired) electrons. The number of amides is 3. The van der Waals surface area contributed by atoms with E-state index in [2.05, 4.69) is 12.2 Å². The second kappa shape index (κ2) is 21.2. The molecule has 334 valence electrons. The molecular weight excluding hydrogens is 834 g/mol. The van der Waals surface area contributed by atoms with Crippen LogP contribution in [0.4, 0.5) is 10.5 Å². The molecule has 10 atom stereocenters. The molecule has 1 unspecified atom stereocenters. The number of rotatable bonds is 14. The number of epoxide rings is 1. The van der Waals surface area contributed by atoms with Crippen LogP contribution in [0, 0.1) is 11.8 Å². The van der Waals surface area contributed by atoms with Crippen LogP contribution in [-0.2, 0) is 44.5 Å². The van der Waals surface area contributed by atoms with Gasteiger partial charge in [0.2, 0.25) is 11.8 Å². The minimum Gasteiger partial charge on any atom is -0.495 e. The molecule has 17 heteroatoms. The number of likely N-dealkylation sites (N-methyl/N-ethyl adjacent to an activating group) is 1. The van der Waals surface area contributed by atoms with E-state index in [4.69, 9.17) is 35.3 Å². The zero-order valence-electron chi connectivity index (χ0n) is 36.6. The number of hydrogen-bond donors (Lipinski definition) is 2. The van der Waals surface area contributed by atoms with Crippen LogP contribution in [0.2, 0.25) is 5.02 Å². The van der Waals surface area contributed by atoms with Crippen LogP contribution >= 0.6 is 33.2 Å². The van der Waals surface area contributed by atoms with Gasteiger partial charge in [0.05, 0.1) is 24.8 Å². The van der Waals surface area contributed by atoms with E-state index in [9.17, 15) is 29.1 Å². The molecule has 1 aromatic carbocycles. The van der Waals surface area contributed by atoms with Crippen LogP contribution < -0.4 is 15.0 Å². The number of nitrogens with zero attached hydrogens (tertiary/aromatic N) is 2. The molecule has 3 amide bonds. The molecule has 0 spiro atoms. The van der Waals surface area contributed by atoms with Crippen LogP contribution in [0.1, 0.15) is 86.1 Å². The van der Waals surface area contributed by atoms with Crippen LogP contribution in [0.3, 0.4) is 0 Å². The normalized spacial score (nSPS) is 30.7. The first kappa shape index (κ1) is 49.4. The van der Waals surface area contributed by atoms with Crippen molar-refractivity contribution in [1.29, 1.82) is 0 Å². The Morgan fingerprint density at radius 2 is 1.87 bits per heavy atom. The molecule has 0 aliphatic carbocycles. The minimum atomic E-state index is -1.84. The number of hydrogen-bond acceptors (Lipinski definition) is 13. The van der Waals surface area contributed by atoms with Crippen molar-refractivity contribution in [1.82, 2.24) is 10.2 Å². The van der Waals surface area contributed by atoms with Crippen molar-refractivity contribution in [2.75, 3.05) is 39.0 Å². The standard InChI is InChI=1S/C43H62ClN3O11S2/c1-12-30(48)17-16-25(3)60-59-19-18-35(49)46(8)28(6)40(51)57-37-27(5)39(50)47(9)31-21-29(22-32(54-10)36(31)44)20-24(2)14-13-15-34(55-11)43(53)23-33(56-41(52)45-43)26(4)38-42(37,7)58-38/h13-15,21-22,25-28,33-34,37-38,53H,12,16-20,23H2,1-11H3,(H,45,52)/b15-13+,24-14+/t25-,26-,27?,28+,33+,34-,37+,38+,42-,43+/m1/s1. The summed E-state index contributed by atoms with van der Waals surface area (Å²) in [4.78, 5) is 69.3. The van der Waals surface area contributed by atoms with Gasteiger partial charge in [0.1, 0.15) is 46.5 Å². The monoisotopic (exact) mass is 895 g/mol. The first-order chi connectivity index (χ1) is 28.2. The first-order valence-corrected chi connectivity index (χ1v) is 23.1. The molecule has 3 aliphatic rings. The Hall–Kier alpha value is -3.28. The number of Topliss-reactive ketones (excluding diaryl/α,β-unsaturated/α-hetero) is 1.